The van der Waals surface area contributed by atoms with E-state index in [4.69, 9.17) is 9.47 Å². The number of nitrogens with one attached hydrogen (secondary N) is 2. The molecule has 3 rings (SSSR count). The molecule has 0 aliphatic carbocycles. The molecular formula is C12H10N2O5S. The summed E-state index contributed by atoms with van der Waals surface area (Å²) in [5, 5.41) is 0. The standard InChI is InChI=1S/C12H10N2O5S/c15-12-4-1-8(6-13-12)14-20(16,17)9-2-3-10-11(5-9)19-7-18-10/h1-6,14H,7H2,(H,13,15). The van der Waals surface area contributed by atoms with Crippen LogP contribution in [0.2, 0.25) is 0 Å². The van der Waals surface area contributed by atoms with E-state index in [1.807, 2.05) is 0 Å². The molecule has 0 atom stereocenters. The fourth-order valence-corrected chi connectivity index (χ4v) is 2.80. The fourth-order valence-electron chi connectivity index (χ4n) is 1.73. The van der Waals surface area contributed by atoms with E-state index >= 15 is 0 Å². The number of hydrogen-bond donors (Lipinski definition) is 2. The van der Waals surface area contributed by atoms with Gasteiger partial charge in [0.25, 0.3) is 10.0 Å². The predicted molar refractivity (Wildman–Crippen MR) is 70.4 cm³/mol. The number of sulfonamides is 1. The van der Waals surface area contributed by atoms with Crippen molar-refractivity contribution >= 4 is 15.7 Å². The topological polar surface area (TPSA) is 97.5 Å². The minimum Gasteiger partial charge on any atom is -0.454 e. The maximum absolute atomic E-state index is 12.2. The Labute approximate surface area is 114 Å². The Morgan fingerprint density at radius 1 is 1.10 bits per heavy atom. The smallest absolute Gasteiger partial charge is 0.262 e. The molecule has 2 aromatic rings. The maximum Gasteiger partial charge on any atom is 0.262 e. The van der Waals surface area contributed by atoms with Crippen LogP contribution in [0.25, 0.3) is 0 Å². The molecule has 0 unspecified atom stereocenters. The lowest BCUT2D eigenvalue weighted by molar-refractivity contribution is 0.174. The maximum atomic E-state index is 12.2. The molecule has 0 bridgehead atoms. The number of pyridine rings is 1. The van der Waals surface area contributed by atoms with Gasteiger partial charge in [0.2, 0.25) is 12.4 Å². The van der Waals surface area contributed by atoms with Crippen LogP contribution >= 0.6 is 0 Å². The number of ether oxygens (including phenoxy) is 2. The molecule has 1 aliphatic rings. The number of benzene rings is 1. The molecule has 0 radical (unpaired) electrons. The van der Waals surface area contributed by atoms with Crippen molar-refractivity contribution in [3.05, 3.63) is 46.9 Å². The van der Waals surface area contributed by atoms with E-state index in [1.165, 1.54) is 36.5 Å². The van der Waals surface area contributed by atoms with Crippen LogP contribution in [0.15, 0.2) is 46.2 Å². The fraction of sp³-hybridized carbons (Fsp3) is 0.0833. The average molecular weight is 294 g/mol. The van der Waals surface area contributed by atoms with Gasteiger partial charge in [-0.15, -0.1) is 0 Å². The predicted octanol–water partition coefficient (Wildman–Crippen LogP) is 0.904. The van der Waals surface area contributed by atoms with Gasteiger partial charge in [-0.3, -0.25) is 9.52 Å². The van der Waals surface area contributed by atoms with Crippen LogP contribution in [0.1, 0.15) is 0 Å². The van der Waals surface area contributed by atoms with E-state index in [0.29, 0.717) is 11.5 Å². The lowest BCUT2D eigenvalue weighted by Crippen LogP contribution is -2.14. The Bertz CT molecular complexity index is 792. The molecule has 2 N–H and O–H groups in total. The van der Waals surface area contributed by atoms with Crippen LogP contribution in [-0.2, 0) is 10.0 Å². The first-order chi connectivity index (χ1) is 9.54. The van der Waals surface area contributed by atoms with E-state index in [2.05, 4.69) is 9.71 Å². The zero-order valence-corrected chi connectivity index (χ0v) is 10.9. The van der Waals surface area contributed by atoms with E-state index in [9.17, 15) is 13.2 Å². The van der Waals surface area contributed by atoms with Gasteiger partial charge in [0.1, 0.15) is 0 Å². The normalized spacial score (nSPS) is 13.2. The van der Waals surface area contributed by atoms with Gasteiger partial charge in [0.15, 0.2) is 11.5 Å². The lowest BCUT2D eigenvalue weighted by Gasteiger charge is -2.08. The summed E-state index contributed by atoms with van der Waals surface area (Å²) < 4.78 is 37.0. The number of H-pyrrole nitrogens is 1. The summed E-state index contributed by atoms with van der Waals surface area (Å²) in [7, 11) is -3.76. The molecule has 0 saturated carbocycles. The molecular weight excluding hydrogens is 284 g/mol. The van der Waals surface area contributed by atoms with Gasteiger partial charge in [-0.2, -0.15) is 0 Å². The zero-order valence-electron chi connectivity index (χ0n) is 10.1. The Morgan fingerprint density at radius 2 is 1.90 bits per heavy atom. The van der Waals surface area contributed by atoms with Gasteiger partial charge in [0, 0.05) is 18.3 Å². The molecule has 1 aliphatic heterocycles. The average Bonchev–Trinajstić information content (AvgIpc) is 2.88. The van der Waals surface area contributed by atoms with Gasteiger partial charge in [0.05, 0.1) is 10.6 Å². The van der Waals surface area contributed by atoms with Crippen LogP contribution in [0.5, 0.6) is 11.5 Å². The highest BCUT2D eigenvalue weighted by molar-refractivity contribution is 7.92. The molecule has 0 amide bonds. The van der Waals surface area contributed by atoms with E-state index < -0.39 is 10.0 Å². The number of hydrogen-bond acceptors (Lipinski definition) is 5. The Hall–Kier alpha value is -2.48. The lowest BCUT2D eigenvalue weighted by atomic mass is 10.3. The highest BCUT2D eigenvalue weighted by atomic mass is 32.2. The monoisotopic (exact) mass is 294 g/mol. The Kier molecular flexibility index (Phi) is 2.87. The van der Waals surface area contributed by atoms with E-state index in [0.717, 1.165) is 0 Å². The summed E-state index contributed by atoms with van der Waals surface area (Å²) in [4.78, 5) is 13.4. The van der Waals surface area contributed by atoms with Crippen molar-refractivity contribution < 1.29 is 17.9 Å². The van der Waals surface area contributed by atoms with Crippen molar-refractivity contribution in [1.29, 1.82) is 0 Å². The van der Waals surface area contributed by atoms with E-state index in [-0.39, 0.29) is 22.9 Å². The molecule has 0 fully saturated rings. The summed E-state index contributed by atoms with van der Waals surface area (Å²) in [6.07, 6.45) is 1.28. The molecule has 0 spiro atoms. The molecule has 8 heteroatoms. The molecule has 1 aromatic heterocycles. The number of rotatable bonds is 3. The van der Waals surface area contributed by atoms with Crippen LogP contribution in [0, 0.1) is 0 Å². The number of aromatic nitrogens is 1. The first-order valence-corrected chi connectivity index (χ1v) is 7.14. The summed E-state index contributed by atoms with van der Waals surface area (Å²) in [6, 6.07) is 6.95. The van der Waals surface area contributed by atoms with Crippen molar-refractivity contribution in [3.8, 4) is 11.5 Å². The quantitative estimate of drug-likeness (QED) is 0.876. The summed E-state index contributed by atoms with van der Waals surface area (Å²) >= 11 is 0. The van der Waals surface area contributed by atoms with Crippen molar-refractivity contribution in [2.75, 3.05) is 11.5 Å². The summed E-state index contributed by atoms with van der Waals surface area (Å²) in [5.74, 6) is 0.891. The second-order valence-electron chi connectivity index (χ2n) is 4.06. The Morgan fingerprint density at radius 3 is 2.65 bits per heavy atom. The third-order valence-corrected chi connectivity index (χ3v) is 4.07. The molecule has 1 aromatic carbocycles. The molecule has 2 heterocycles. The van der Waals surface area contributed by atoms with Crippen molar-refractivity contribution in [2.24, 2.45) is 0 Å². The molecule has 104 valence electrons. The van der Waals surface area contributed by atoms with Gasteiger partial charge < -0.3 is 14.5 Å². The third-order valence-electron chi connectivity index (χ3n) is 2.69. The SMILES string of the molecule is O=c1ccc(NS(=O)(=O)c2ccc3c(c2)OCO3)c[nH]1. The van der Waals surface area contributed by atoms with Crippen molar-refractivity contribution in [2.45, 2.75) is 4.90 Å². The number of fused-ring (bicyclic) bond motifs is 1. The van der Waals surface area contributed by atoms with Gasteiger partial charge in [-0.1, -0.05) is 0 Å². The molecule has 20 heavy (non-hydrogen) atoms. The van der Waals surface area contributed by atoms with E-state index in [1.54, 1.807) is 0 Å². The van der Waals surface area contributed by atoms with Crippen molar-refractivity contribution in [1.82, 2.24) is 4.98 Å². The summed E-state index contributed by atoms with van der Waals surface area (Å²) in [5.41, 5.74) is -0.0432. The highest BCUT2D eigenvalue weighted by Crippen LogP contribution is 2.34. The minimum absolute atomic E-state index is 0.0490. The van der Waals surface area contributed by atoms with Crippen LogP contribution in [0.4, 0.5) is 5.69 Å². The first kappa shape index (κ1) is 12.5. The second-order valence-corrected chi connectivity index (χ2v) is 5.74. The number of aromatic amines is 1. The van der Waals surface area contributed by atoms with Gasteiger partial charge in [-0.25, -0.2) is 8.42 Å². The van der Waals surface area contributed by atoms with Crippen LogP contribution in [0.3, 0.4) is 0 Å². The first-order valence-electron chi connectivity index (χ1n) is 5.66. The minimum atomic E-state index is -3.76. The summed E-state index contributed by atoms with van der Waals surface area (Å²) in [6.45, 7) is 0.0756. The van der Waals surface area contributed by atoms with Crippen LogP contribution in [-0.4, -0.2) is 20.2 Å². The van der Waals surface area contributed by atoms with Crippen LogP contribution < -0.4 is 19.8 Å². The second kappa shape index (κ2) is 4.57. The molecule has 7 nitrogen and oxygen atoms in total. The van der Waals surface area contributed by atoms with Gasteiger partial charge in [-0.05, 0) is 18.2 Å². The molecule has 0 saturated heterocycles. The Balaban J connectivity index is 1.92. The zero-order chi connectivity index (χ0) is 14.2. The number of anilines is 1. The van der Waals surface area contributed by atoms with Crippen molar-refractivity contribution in [3.63, 3.8) is 0 Å². The largest absolute Gasteiger partial charge is 0.454 e. The van der Waals surface area contributed by atoms with Gasteiger partial charge >= 0.3 is 0 Å². The third kappa shape index (κ3) is 2.32. The highest BCUT2D eigenvalue weighted by Gasteiger charge is 2.20.